The van der Waals surface area contributed by atoms with Crippen LogP contribution in [0.4, 0.5) is 8.78 Å². The number of halogens is 2. The Morgan fingerprint density at radius 3 is 2.61 bits per heavy atom. The molecule has 18 heavy (non-hydrogen) atoms. The van der Waals surface area contributed by atoms with Crippen LogP contribution in [0.1, 0.15) is 50.7 Å². The average Bonchev–Trinajstić information content (AvgIpc) is 2.33. The van der Waals surface area contributed by atoms with Crippen molar-refractivity contribution in [3.63, 3.8) is 0 Å². The van der Waals surface area contributed by atoms with Crippen LogP contribution in [0.2, 0.25) is 0 Å². The number of nitrogens with one attached hydrogen (secondary N) is 1. The topological polar surface area (TPSA) is 12.0 Å². The van der Waals surface area contributed by atoms with Gasteiger partial charge in [0.25, 0.3) is 6.43 Å². The fourth-order valence-corrected chi connectivity index (χ4v) is 1.87. The van der Waals surface area contributed by atoms with Crippen molar-refractivity contribution >= 4 is 0 Å². The summed E-state index contributed by atoms with van der Waals surface area (Å²) in [5.41, 5.74) is 1.03. The molecule has 0 aromatic heterocycles. The molecule has 0 atom stereocenters. The molecule has 0 spiro atoms. The molecular weight excluding hydrogens is 232 g/mol. The van der Waals surface area contributed by atoms with Gasteiger partial charge in [0.15, 0.2) is 0 Å². The molecule has 0 saturated heterocycles. The van der Waals surface area contributed by atoms with Crippen LogP contribution in [-0.4, -0.2) is 6.54 Å². The van der Waals surface area contributed by atoms with Gasteiger partial charge in [0.05, 0.1) is 0 Å². The molecule has 0 aliphatic heterocycles. The molecular formula is C15H23F2N. The highest BCUT2D eigenvalue weighted by molar-refractivity contribution is 5.24. The van der Waals surface area contributed by atoms with Crippen molar-refractivity contribution < 1.29 is 8.78 Å². The first kappa shape index (κ1) is 15.1. The van der Waals surface area contributed by atoms with Crippen molar-refractivity contribution in [1.82, 2.24) is 5.32 Å². The Hall–Kier alpha value is -0.960. The normalized spacial score (nSPS) is 11.4. The van der Waals surface area contributed by atoms with Gasteiger partial charge in [0.1, 0.15) is 0 Å². The summed E-state index contributed by atoms with van der Waals surface area (Å²) in [6.07, 6.45) is 1.24. The van der Waals surface area contributed by atoms with Crippen LogP contribution in [-0.2, 0) is 6.54 Å². The summed E-state index contributed by atoms with van der Waals surface area (Å²) in [5.74, 6) is 0.757. The zero-order valence-electron chi connectivity index (χ0n) is 11.3. The second-order valence-electron chi connectivity index (χ2n) is 5.11. The van der Waals surface area contributed by atoms with Crippen molar-refractivity contribution in [3.05, 3.63) is 35.4 Å². The standard InChI is InChI=1S/C15H23F2N/c1-12(2)6-3-4-9-18-11-13-7-5-8-14(10-13)15(16)17/h5,7-8,10,12,15,18H,3-4,6,9,11H2,1-2H3. The molecule has 0 saturated carbocycles. The van der Waals surface area contributed by atoms with Gasteiger partial charge in [-0.15, -0.1) is 0 Å². The summed E-state index contributed by atoms with van der Waals surface area (Å²) < 4.78 is 25.0. The number of hydrogen-bond donors (Lipinski definition) is 1. The van der Waals surface area contributed by atoms with E-state index in [1.165, 1.54) is 18.9 Å². The monoisotopic (exact) mass is 255 g/mol. The van der Waals surface area contributed by atoms with Gasteiger partial charge in [0.2, 0.25) is 0 Å². The zero-order chi connectivity index (χ0) is 13.4. The maximum absolute atomic E-state index is 12.5. The lowest BCUT2D eigenvalue weighted by atomic mass is 10.1. The summed E-state index contributed by atoms with van der Waals surface area (Å²) in [5, 5.41) is 3.30. The first-order valence-corrected chi connectivity index (χ1v) is 6.67. The number of unbranched alkanes of at least 4 members (excludes halogenated alkanes) is 1. The van der Waals surface area contributed by atoms with E-state index >= 15 is 0 Å². The molecule has 1 aromatic rings. The molecule has 1 rings (SSSR count). The Bertz CT molecular complexity index is 337. The van der Waals surface area contributed by atoms with Crippen molar-refractivity contribution in [3.8, 4) is 0 Å². The number of rotatable bonds is 8. The van der Waals surface area contributed by atoms with Crippen LogP contribution < -0.4 is 5.32 Å². The molecule has 1 nitrogen and oxygen atoms in total. The first-order chi connectivity index (χ1) is 8.59. The molecule has 0 fully saturated rings. The molecule has 1 N–H and O–H groups in total. The van der Waals surface area contributed by atoms with Gasteiger partial charge in [-0.1, -0.05) is 44.9 Å². The molecule has 0 amide bonds. The van der Waals surface area contributed by atoms with E-state index in [1.54, 1.807) is 12.1 Å². The number of hydrogen-bond acceptors (Lipinski definition) is 1. The van der Waals surface area contributed by atoms with Gasteiger partial charge in [0, 0.05) is 12.1 Å². The van der Waals surface area contributed by atoms with Crippen LogP contribution in [0.15, 0.2) is 24.3 Å². The Morgan fingerprint density at radius 2 is 1.94 bits per heavy atom. The highest BCUT2D eigenvalue weighted by Crippen LogP contribution is 2.19. The minimum Gasteiger partial charge on any atom is -0.313 e. The second-order valence-corrected chi connectivity index (χ2v) is 5.11. The molecule has 3 heteroatoms. The highest BCUT2D eigenvalue weighted by atomic mass is 19.3. The van der Waals surface area contributed by atoms with Crippen LogP contribution in [0.25, 0.3) is 0 Å². The number of benzene rings is 1. The van der Waals surface area contributed by atoms with E-state index in [0.717, 1.165) is 24.4 Å². The van der Waals surface area contributed by atoms with Gasteiger partial charge in [-0.3, -0.25) is 0 Å². The van der Waals surface area contributed by atoms with Gasteiger partial charge >= 0.3 is 0 Å². The van der Waals surface area contributed by atoms with Crippen molar-refractivity contribution in [2.24, 2.45) is 5.92 Å². The molecule has 1 aromatic carbocycles. The van der Waals surface area contributed by atoms with Crippen LogP contribution >= 0.6 is 0 Å². The Labute approximate surface area is 109 Å². The van der Waals surface area contributed by atoms with Gasteiger partial charge in [-0.2, -0.15) is 0 Å². The third-order valence-corrected chi connectivity index (χ3v) is 2.92. The van der Waals surface area contributed by atoms with Gasteiger partial charge in [-0.05, 0) is 30.5 Å². The van der Waals surface area contributed by atoms with E-state index in [9.17, 15) is 8.78 Å². The summed E-state index contributed by atoms with van der Waals surface area (Å²) in [4.78, 5) is 0. The third kappa shape index (κ3) is 6.10. The molecule has 0 unspecified atom stereocenters. The zero-order valence-corrected chi connectivity index (χ0v) is 11.3. The lowest BCUT2D eigenvalue weighted by molar-refractivity contribution is 0.151. The fraction of sp³-hybridized carbons (Fsp3) is 0.600. The van der Waals surface area contributed by atoms with Crippen LogP contribution in [0, 0.1) is 5.92 Å². The maximum Gasteiger partial charge on any atom is 0.263 e. The van der Waals surface area contributed by atoms with E-state index < -0.39 is 6.43 Å². The average molecular weight is 255 g/mol. The van der Waals surface area contributed by atoms with Crippen molar-refractivity contribution in [2.75, 3.05) is 6.54 Å². The summed E-state index contributed by atoms with van der Waals surface area (Å²) in [6.45, 7) is 6.07. The predicted octanol–water partition coefficient (Wildman–Crippen LogP) is 4.54. The molecule has 102 valence electrons. The minimum absolute atomic E-state index is 0.106. The SMILES string of the molecule is CC(C)CCCCNCc1cccc(C(F)F)c1. The molecule has 0 radical (unpaired) electrons. The molecule has 0 bridgehead atoms. The van der Waals surface area contributed by atoms with Crippen LogP contribution in [0.3, 0.4) is 0 Å². The van der Waals surface area contributed by atoms with Gasteiger partial charge < -0.3 is 5.32 Å². The minimum atomic E-state index is -2.38. The molecule has 0 aliphatic rings. The van der Waals surface area contributed by atoms with E-state index in [1.807, 2.05) is 6.07 Å². The highest BCUT2D eigenvalue weighted by Gasteiger charge is 2.06. The number of alkyl halides is 2. The summed E-state index contributed by atoms with van der Waals surface area (Å²) in [7, 11) is 0. The predicted molar refractivity (Wildman–Crippen MR) is 71.8 cm³/mol. The molecule has 0 aliphatic carbocycles. The van der Waals surface area contributed by atoms with E-state index in [4.69, 9.17) is 0 Å². The Morgan fingerprint density at radius 1 is 1.17 bits per heavy atom. The summed E-state index contributed by atoms with van der Waals surface area (Å²) >= 11 is 0. The smallest absolute Gasteiger partial charge is 0.263 e. The maximum atomic E-state index is 12.5. The van der Waals surface area contributed by atoms with Crippen molar-refractivity contribution in [2.45, 2.75) is 46.1 Å². The Balaban J connectivity index is 2.21. The molecule has 0 heterocycles. The van der Waals surface area contributed by atoms with E-state index in [0.29, 0.717) is 6.54 Å². The quantitative estimate of drug-likeness (QED) is 0.672. The largest absolute Gasteiger partial charge is 0.313 e. The lowest BCUT2D eigenvalue weighted by Crippen LogP contribution is -2.14. The van der Waals surface area contributed by atoms with E-state index in [-0.39, 0.29) is 5.56 Å². The fourth-order valence-electron chi connectivity index (χ4n) is 1.87. The third-order valence-electron chi connectivity index (χ3n) is 2.92. The van der Waals surface area contributed by atoms with Gasteiger partial charge in [-0.25, -0.2) is 8.78 Å². The van der Waals surface area contributed by atoms with Crippen LogP contribution in [0.5, 0.6) is 0 Å². The lowest BCUT2D eigenvalue weighted by Gasteiger charge is -2.07. The summed E-state index contributed by atoms with van der Waals surface area (Å²) in [6, 6.07) is 6.62. The van der Waals surface area contributed by atoms with E-state index in [2.05, 4.69) is 19.2 Å². The van der Waals surface area contributed by atoms with Crippen molar-refractivity contribution in [1.29, 1.82) is 0 Å². The Kier molecular flexibility index (Phi) is 6.88. The first-order valence-electron chi connectivity index (χ1n) is 6.67. The second kappa shape index (κ2) is 8.20.